The Morgan fingerprint density at radius 2 is 2.17 bits per heavy atom. The van der Waals surface area contributed by atoms with Crippen molar-refractivity contribution in [3.05, 3.63) is 12.8 Å². The van der Waals surface area contributed by atoms with Gasteiger partial charge in [-0.3, -0.25) is 4.21 Å². The molecular formula is C9H16O2S. The largest absolute Gasteiger partial charge is 0.501 e. The van der Waals surface area contributed by atoms with Gasteiger partial charge in [0.25, 0.3) is 0 Å². The van der Waals surface area contributed by atoms with Gasteiger partial charge >= 0.3 is 0 Å². The maximum Gasteiger partial charge on any atom is 0.0927 e. The lowest BCUT2D eigenvalue weighted by Crippen LogP contribution is -2.31. The SMILES string of the molecule is C=COCC1(C)CCS(=O)CC1. The van der Waals surface area contributed by atoms with Crippen LogP contribution >= 0.6 is 0 Å². The summed E-state index contributed by atoms with van der Waals surface area (Å²) in [5, 5.41) is 0. The molecule has 12 heavy (non-hydrogen) atoms. The molecule has 0 N–H and O–H groups in total. The van der Waals surface area contributed by atoms with Crippen LogP contribution in [0, 0.1) is 5.41 Å². The van der Waals surface area contributed by atoms with Crippen LogP contribution < -0.4 is 0 Å². The Kier molecular flexibility index (Phi) is 3.32. The van der Waals surface area contributed by atoms with Crippen LogP contribution in [0.3, 0.4) is 0 Å². The van der Waals surface area contributed by atoms with E-state index in [4.69, 9.17) is 4.74 Å². The highest BCUT2D eigenvalue weighted by atomic mass is 32.2. The Labute approximate surface area is 76.5 Å². The zero-order valence-electron chi connectivity index (χ0n) is 7.54. The third-order valence-corrected chi connectivity index (χ3v) is 3.74. The average molecular weight is 188 g/mol. The molecule has 0 aliphatic carbocycles. The van der Waals surface area contributed by atoms with Crippen molar-refractivity contribution in [2.45, 2.75) is 19.8 Å². The van der Waals surface area contributed by atoms with Crippen molar-refractivity contribution in [2.24, 2.45) is 5.41 Å². The van der Waals surface area contributed by atoms with Crippen molar-refractivity contribution >= 4 is 10.8 Å². The maximum absolute atomic E-state index is 11.1. The van der Waals surface area contributed by atoms with Crippen LogP contribution in [0.15, 0.2) is 12.8 Å². The Morgan fingerprint density at radius 3 is 2.67 bits per heavy atom. The summed E-state index contributed by atoms with van der Waals surface area (Å²) >= 11 is 0. The van der Waals surface area contributed by atoms with Gasteiger partial charge in [0.2, 0.25) is 0 Å². The van der Waals surface area contributed by atoms with E-state index in [0.717, 1.165) is 24.3 Å². The van der Waals surface area contributed by atoms with Crippen molar-refractivity contribution in [1.29, 1.82) is 0 Å². The predicted octanol–water partition coefficient (Wildman–Crippen LogP) is 1.70. The summed E-state index contributed by atoms with van der Waals surface area (Å²) in [6, 6.07) is 0. The zero-order chi connectivity index (χ0) is 9.03. The van der Waals surface area contributed by atoms with Crippen LogP contribution in [0.5, 0.6) is 0 Å². The van der Waals surface area contributed by atoms with Gasteiger partial charge in [0.15, 0.2) is 0 Å². The molecule has 70 valence electrons. The second-order valence-electron chi connectivity index (χ2n) is 3.64. The fourth-order valence-corrected chi connectivity index (χ4v) is 3.00. The lowest BCUT2D eigenvalue weighted by atomic mass is 9.85. The predicted molar refractivity (Wildman–Crippen MR) is 51.4 cm³/mol. The third kappa shape index (κ3) is 2.63. The van der Waals surface area contributed by atoms with Gasteiger partial charge in [0, 0.05) is 27.7 Å². The Morgan fingerprint density at radius 1 is 1.58 bits per heavy atom. The Hall–Kier alpha value is -0.310. The minimum Gasteiger partial charge on any atom is -0.501 e. The number of hydrogen-bond acceptors (Lipinski definition) is 2. The normalized spacial score (nSPS) is 35.9. The molecule has 3 heteroatoms. The topological polar surface area (TPSA) is 26.3 Å². The fraction of sp³-hybridized carbons (Fsp3) is 0.778. The van der Waals surface area contributed by atoms with Crippen LogP contribution in [0.2, 0.25) is 0 Å². The van der Waals surface area contributed by atoms with Crippen LogP contribution in [0.1, 0.15) is 19.8 Å². The van der Waals surface area contributed by atoms with Gasteiger partial charge in [-0.2, -0.15) is 0 Å². The van der Waals surface area contributed by atoms with Gasteiger partial charge in [-0.25, -0.2) is 0 Å². The first-order chi connectivity index (χ1) is 5.66. The highest BCUT2D eigenvalue weighted by Gasteiger charge is 2.29. The molecule has 0 saturated carbocycles. The van der Waals surface area contributed by atoms with Crippen LogP contribution in [0.4, 0.5) is 0 Å². The van der Waals surface area contributed by atoms with Crippen molar-refractivity contribution in [3.8, 4) is 0 Å². The first-order valence-corrected chi connectivity index (χ1v) is 5.73. The van der Waals surface area contributed by atoms with Crippen LogP contribution in [-0.2, 0) is 15.5 Å². The summed E-state index contributed by atoms with van der Waals surface area (Å²) in [7, 11) is -0.574. The average Bonchev–Trinajstić information content (AvgIpc) is 2.08. The van der Waals surface area contributed by atoms with Gasteiger partial charge in [-0.05, 0) is 12.8 Å². The van der Waals surface area contributed by atoms with E-state index in [2.05, 4.69) is 13.5 Å². The summed E-state index contributed by atoms with van der Waals surface area (Å²) in [5.74, 6) is 1.66. The maximum atomic E-state index is 11.1. The fourth-order valence-electron chi connectivity index (χ4n) is 1.35. The van der Waals surface area contributed by atoms with Gasteiger partial charge in [-0.15, -0.1) is 0 Å². The first-order valence-electron chi connectivity index (χ1n) is 4.24. The van der Waals surface area contributed by atoms with Gasteiger partial charge in [0.1, 0.15) is 0 Å². The van der Waals surface area contributed by atoms with E-state index in [1.54, 1.807) is 0 Å². The summed E-state index contributed by atoms with van der Waals surface area (Å²) in [6.45, 7) is 6.41. The van der Waals surface area contributed by atoms with Crippen LogP contribution in [0.25, 0.3) is 0 Å². The molecule has 2 nitrogen and oxygen atoms in total. The summed E-state index contributed by atoms with van der Waals surface area (Å²) < 4.78 is 16.3. The molecule has 1 aliphatic heterocycles. The molecule has 0 amide bonds. The molecule has 0 aromatic carbocycles. The van der Waals surface area contributed by atoms with Crippen molar-refractivity contribution in [3.63, 3.8) is 0 Å². The zero-order valence-corrected chi connectivity index (χ0v) is 8.36. The molecule has 0 aromatic heterocycles. The summed E-state index contributed by atoms with van der Waals surface area (Å²) in [6.07, 6.45) is 3.50. The standard InChI is InChI=1S/C9H16O2S/c1-3-11-8-9(2)4-6-12(10)7-5-9/h3H,1,4-8H2,2H3. The van der Waals surface area contributed by atoms with E-state index < -0.39 is 10.8 Å². The molecule has 0 bridgehead atoms. The van der Waals surface area contributed by atoms with Gasteiger partial charge in [0.05, 0.1) is 12.9 Å². The highest BCUT2D eigenvalue weighted by molar-refractivity contribution is 7.85. The lowest BCUT2D eigenvalue weighted by molar-refractivity contribution is 0.114. The number of rotatable bonds is 3. The summed E-state index contributed by atoms with van der Waals surface area (Å²) in [4.78, 5) is 0. The smallest absolute Gasteiger partial charge is 0.0927 e. The van der Waals surface area contributed by atoms with Crippen molar-refractivity contribution < 1.29 is 8.95 Å². The van der Waals surface area contributed by atoms with E-state index in [0.29, 0.717) is 6.61 Å². The molecule has 0 spiro atoms. The number of hydrogen-bond donors (Lipinski definition) is 0. The Balaban J connectivity index is 2.38. The van der Waals surface area contributed by atoms with Crippen molar-refractivity contribution in [1.82, 2.24) is 0 Å². The minimum atomic E-state index is -0.574. The molecule has 1 aliphatic rings. The first kappa shape index (κ1) is 9.78. The second kappa shape index (κ2) is 4.08. The van der Waals surface area contributed by atoms with E-state index in [1.807, 2.05) is 0 Å². The lowest BCUT2D eigenvalue weighted by Gasteiger charge is -2.32. The highest BCUT2D eigenvalue weighted by Crippen LogP contribution is 2.30. The minimum absolute atomic E-state index is 0.224. The molecule has 1 heterocycles. The molecule has 0 aromatic rings. The van der Waals surface area contributed by atoms with E-state index in [-0.39, 0.29) is 5.41 Å². The molecule has 0 radical (unpaired) electrons. The van der Waals surface area contributed by atoms with Gasteiger partial charge in [-0.1, -0.05) is 13.5 Å². The summed E-state index contributed by atoms with van der Waals surface area (Å²) in [5.41, 5.74) is 0.224. The van der Waals surface area contributed by atoms with E-state index in [9.17, 15) is 4.21 Å². The quantitative estimate of drug-likeness (QED) is 0.630. The molecule has 1 saturated heterocycles. The van der Waals surface area contributed by atoms with E-state index >= 15 is 0 Å². The molecule has 1 fully saturated rings. The van der Waals surface area contributed by atoms with E-state index in [1.165, 1.54) is 6.26 Å². The Bertz CT molecular complexity index is 173. The molecule has 1 rings (SSSR count). The monoisotopic (exact) mass is 188 g/mol. The second-order valence-corrected chi connectivity index (χ2v) is 5.33. The molecule has 0 atom stereocenters. The van der Waals surface area contributed by atoms with Crippen molar-refractivity contribution in [2.75, 3.05) is 18.1 Å². The third-order valence-electron chi connectivity index (χ3n) is 2.42. The van der Waals surface area contributed by atoms with Crippen LogP contribution in [-0.4, -0.2) is 22.3 Å². The number of ether oxygens (including phenoxy) is 1. The van der Waals surface area contributed by atoms with Gasteiger partial charge < -0.3 is 4.74 Å². The molecular weight excluding hydrogens is 172 g/mol. The molecule has 0 unspecified atom stereocenters.